The Morgan fingerprint density at radius 3 is 2.72 bits per heavy atom. The minimum Gasteiger partial charge on any atom is -0.343 e. The molecular weight excluding hydrogens is 321 g/mol. The van der Waals surface area contributed by atoms with Crippen molar-refractivity contribution in [3.8, 4) is 0 Å². The van der Waals surface area contributed by atoms with E-state index in [0.717, 1.165) is 5.39 Å². The number of aromatic nitrogens is 1. The molecule has 2 N–H and O–H groups in total. The lowest BCUT2D eigenvalue weighted by molar-refractivity contribution is -0.115. The first-order valence-corrected chi connectivity index (χ1v) is 7.72. The van der Waals surface area contributed by atoms with E-state index in [1.807, 2.05) is 24.3 Å². The monoisotopic (exact) mass is 337 g/mol. The minimum absolute atomic E-state index is 0.196. The number of aryl methyl sites for hydroxylation is 1. The fourth-order valence-electron chi connectivity index (χ4n) is 2.45. The minimum atomic E-state index is -0.436. The highest BCUT2D eigenvalue weighted by molar-refractivity contribution is 6.03. The lowest BCUT2D eigenvalue weighted by atomic mass is 10.1. The summed E-state index contributed by atoms with van der Waals surface area (Å²) in [7, 11) is 0. The van der Waals surface area contributed by atoms with Crippen molar-refractivity contribution in [1.82, 2.24) is 10.3 Å². The maximum Gasteiger partial charge on any atom is 0.251 e. The molecule has 3 rings (SSSR count). The molecule has 0 spiro atoms. The second-order valence-electron chi connectivity index (χ2n) is 5.58. The van der Waals surface area contributed by atoms with Crippen molar-refractivity contribution in [2.45, 2.75) is 6.92 Å². The largest absolute Gasteiger partial charge is 0.343 e. The number of carbonyl (C=O) groups is 2. The quantitative estimate of drug-likeness (QED) is 0.769. The Balaban J connectivity index is 1.64. The van der Waals surface area contributed by atoms with E-state index >= 15 is 0 Å². The second kappa shape index (κ2) is 7.09. The first-order valence-electron chi connectivity index (χ1n) is 7.72. The van der Waals surface area contributed by atoms with Gasteiger partial charge in [-0.1, -0.05) is 18.2 Å². The van der Waals surface area contributed by atoms with Crippen LogP contribution in [0.3, 0.4) is 0 Å². The van der Waals surface area contributed by atoms with Gasteiger partial charge in [0.2, 0.25) is 5.91 Å². The van der Waals surface area contributed by atoms with Gasteiger partial charge in [-0.2, -0.15) is 0 Å². The van der Waals surface area contributed by atoms with Crippen LogP contribution in [0.15, 0.2) is 54.7 Å². The summed E-state index contributed by atoms with van der Waals surface area (Å²) in [5, 5.41) is 6.16. The highest BCUT2D eigenvalue weighted by Crippen LogP contribution is 2.20. The lowest BCUT2D eigenvalue weighted by Gasteiger charge is -2.09. The number of hydrogen-bond acceptors (Lipinski definition) is 3. The zero-order valence-electron chi connectivity index (χ0n) is 13.5. The Kier molecular flexibility index (Phi) is 4.70. The molecule has 0 bridgehead atoms. The normalized spacial score (nSPS) is 10.5. The van der Waals surface area contributed by atoms with Crippen LogP contribution in [-0.2, 0) is 4.79 Å². The smallest absolute Gasteiger partial charge is 0.251 e. The van der Waals surface area contributed by atoms with Gasteiger partial charge in [0.25, 0.3) is 5.91 Å². The van der Waals surface area contributed by atoms with E-state index in [1.165, 1.54) is 18.2 Å². The molecule has 2 aromatic carbocycles. The predicted molar refractivity (Wildman–Crippen MR) is 93.8 cm³/mol. The van der Waals surface area contributed by atoms with Crippen molar-refractivity contribution in [2.24, 2.45) is 0 Å². The van der Waals surface area contributed by atoms with Gasteiger partial charge in [-0.05, 0) is 42.8 Å². The molecule has 1 aromatic heterocycles. The van der Waals surface area contributed by atoms with Crippen LogP contribution in [0.25, 0.3) is 10.9 Å². The molecule has 0 atom stereocenters. The molecule has 0 radical (unpaired) electrons. The van der Waals surface area contributed by atoms with E-state index in [0.29, 0.717) is 22.3 Å². The van der Waals surface area contributed by atoms with Crippen molar-refractivity contribution < 1.29 is 14.0 Å². The Labute approximate surface area is 143 Å². The number of nitrogens with one attached hydrogen (secondary N) is 2. The molecule has 25 heavy (non-hydrogen) atoms. The van der Waals surface area contributed by atoms with Crippen LogP contribution >= 0.6 is 0 Å². The summed E-state index contributed by atoms with van der Waals surface area (Å²) < 4.78 is 13.2. The SMILES string of the molecule is Cc1cc(C(=O)NCC(=O)Nc2cccc3cccnc23)ccc1F. The van der Waals surface area contributed by atoms with Crippen molar-refractivity contribution in [1.29, 1.82) is 0 Å². The van der Waals surface area contributed by atoms with Crippen LogP contribution in [0.4, 0.5) is 10.1 Å². The van der Waals surface area contributed by atoms with Crippen molar-refractivity contribution in [2.75, 3.05) is 11.9 Å². The van der Waals surface area contributed by atoms with Gasteiger partial charge in [0.15, 0.2) is 0 Å². The molecule has 126 valence electrons. The molecule has 5 nitrogen and oxygen atoms in total. The highest BCUT2D eigenvalue weighted by Gasteiger charge is 2.11. The van der Waals surface area contributed by atoms with Crippen molar-refractivity contribution in [3.05, 3.63) is 71.7 Å². The number of anilines is 1. The maximum absolute atomic E-state index is 13.2. The summed E-state index contributed by atoms with van der Waals surface area (Å²) in [6.45, 7) is 1.38. The molecule has 0 saturated heterocycles. The summed E-state index contributed by atoms with van der Waals surface area (Å²) >= 11 is 0. The molecule has 3 aromatic rings. The van der Waals surface area contributed by atoms with E-state index < -0.39 is 5.91 Å². The molecule has 0 aliphatic carbocycles. The summed E-state index contributed by atoms with van der Waals surface area (Å²) in [4.78, 5) is 28.4. The standard InChI is InChI=1S/C19H16FN3O2/c1-12-10-14(7-8-15(12)20)19(25)22-11-17(24)23-16-6-2-4-13-5-3-9-21-18(13)16/h2-10H,11H2,1H3,(H,22,25)(H,23,24). The van der Waals surface area contributed by atoms with Crippen LogP contribution in [0.5, 0.6) is 0 Å². The Bertz CT molecular complexity index is 951. The fraction of sp³-hybridized carbons (Fsp3) is 0.105. The number of amides is 2. The van der Waals surface area contributed by atoms with Gasteiger partial charge in [0.1, 0.15) is 5.82 Å². The van der Waals surface area contributed by atoms with Crippen LogP contribution in [-0.4, -0.2) is 23.3 Å². The molecular formula is C19H16FN3O2. The third kappa shape index (κ3) is 3.80. The highest BCUT2D eigenvalue weighted by atomic mass is 19.1. The topological polar surface area (TPSA) is 71.1 Å². The van der Waals surface area contributed by atoms with E-state index in [1.54, 1.807) is 19.2 Å². The summed E-state index contributed by atoms with van der Waals surface area (Å²) in [5.74, 6) is -1.18. The average molecular weight is 337 g/mol. The number of pyridine rings is 1. The van der Waals surface area contributed by atoms with Gasteiger partial charge in [-0.15, -0.1) is 0 Å². The average Bonchev–Trinajstić information content (AvgIpc) is 2.62. The zero-order valence-corrected chi connectivity index (χ0v) is 13.5. The summed E-state index contributed by atoms with van der Waals surface area (Å²) in [6, 6.07) is 13.2. The number of benzene rings is 2. The molecule has 0 aliphatic rings. The molecule has 0 unspecified atom stereocenters. The van der Waals surface area contributed by atoms with Crippen molar-refractivity contribution in [3.63, 3.8) is 0 Å². The summed E-state index contributed by atoms with van der Waals surface area (Å²) in [5.41, 5.74) is 1.94. The Hall–Kier alpha value is -3.28. The third-order valence-electron chi connectivity index (χ3n) is 3.74. The van der Waals surface area contributed by atoms with Gasteiger partial charge < -0.3 is 10.6 Å². The van der Waals surface area contributed by atoms with Crippen LogP contribution < -0.4 is 10.6 Å². The number of halogens is 1. The Morgan fingerprint density at radius 2 is 1.92 bits per heavy atom. The Morgan fingerprint density at radius 1 is 1.12 bits per heavy atom. The van der Waals surface area contributed by atoms with E-state index in [9.17, 15) is 14.0 Å². The molecule has 6 heteroatoms. The predicted octanol–water partition coefficient (Wildman–Crippen LogP) is 3.05. The van der Waals surface area contributed by atoms with Crippen LogP contribution in [0.1, 0.15) is 15.9 Å². The molecule has 0 saturated carbocycles. The zero-order chi connectivity index (χ0) is 17.8. The lowest BCUT2D eigenvalue weighted by Crippen LogP contribution is -2.33. The third-order valence-corrected chi connectivity index (χ3v) is 3.74. The van der Waals surface area contributed by atoms with Gasteiger partial charge >= 0.3 is 0 Å². The number of hydrogen-bond donors (Lipinski definition) is 2. The second-order valence-corrected chi connectivity index (χ2v) is 5.58. The number of para-hydroxylation sites is 1. The molecule has 2 amide bonds. The van der Waals surface area contributed by atoms with E-state index in [2.05, 4.69) is 15.6 Å². The van der Waals surface area contributed by atoms with E-state index in [4.69, 9.17) is 0 Å². The van der Waals surface area contributed by atoms with Crippen LogP contribution in [0.2, 0.25) is 0 Å². The number of fused-ring (bicyclic) bond motifs is 1. The van der Waals surface area contributed by atoms with Crippen LogP contribution in [0, 0.1) is 12.7 Å². The van der Waals surface area contributed by atoms with Gasteiger partial charge in [-0.25, -0.2) is 4.39 Å². The number of nitrogens with zero attached hydrogens (tertiary/aromatic N) is 1. The number of rotatable bonds is 4. The van der Waals surface area contributed by atoms with Crippen molar-refractivity contribution >= 4 is 28.4 Å². The first-order chi connectivity index (χ1) is 12.0. The number of carbonyl (C=O) groups excluding carboxylic acids is 2. The first kappa shape index (κ1) is 16.6. The van der Waals surface area contributed by atoms with Gasteiger partial charge in [-0.3, -0.25) is 14.6 Å². The molecule has 1 heterocycles. The van der Waals surface area contributed by atoms with Gasteiger partial charge in [0.05, 0.1) is 17.7 Å². The molecule has 0 fully saturated rings. The van der Waals surface area contributed by atoms with Gasteiger partial charge in [0, 0.05) is 17.1 Å². The van der Waals surface area contributed by atoms with E-state index in [-0.39, 0.29) is 18.3 Å². The molecule has 0 aliphatic heterocycles. The summed E-state index contributed by atoms with van der Waals surface area (Å²) in [6.07, 6.45) is 1.65. The fourth-order valence-corrected chi connectivity index (χ4v) is 2.45. The maximum atomic E-state index is 13.2.